The first-order valence-corrected chi connectivity index (χ1v) is 7.76. The summed E-state index contributed by atoms with van der Waals surface area (Å²) in [5, 5.41) is 9.83. The SMILES string of the molecule is CCCCCN(CCCCC)c1ccc(C=O)c(O)c1. The first kappa shape index (κ1) is 16.5. The standard InChI is InChI=1S/C17H27NO2/c1-3-5-7-11-18(12-8-6-4-2)16-10-9-15(14-19)17(20)13-16/h9-10,13-14,20H,3-8,11-12H2,1-2H3. The Hall–Kier alpha value is -1.51. The monoisotopic (exact) mass is 277 g/mol. The third kappa shape index (κ3) is 5.24. The number of aldehydes is 1. The quantitative estimate of drug-likeness (QED) is 0.509. The molecule has 0 saturated heterocycles. The predicted octanol–water partition coefficient (Wildman–Crippen LogP) is 4.39. The van der Waals surface area contributed by atoms with Crippen LogP contribution in [0.1, 0.15) is 62.7 Å². The normalized spacial score (nSPS) is 10.5. The van der Waals surface area contributed by atoms with Gasteiger partial charge in [-0.1, -0.05) is 39.5 Å². The fraction of sp³-hybridized carbons (Fsp3) is 0.588. The van der Waals surface area contributed by atoms with Crippen LogP contribution in [-0.4, -0.2) is 24.5 Å². The maximum absolute atomic E-state index is 10.8. The van der Waals surface area contributed by atoms with Gasteiger partial charge in [0.1, 0.15) is 5.75 Å². The summed E-state index contributed by atoms with van der Waals surface area (Å²) in [6.07, 6.45) is 7.89. The number of carbonyl (C=O) groups is 1. The molecule has 3 heteroatoms. The van der Waals surface area contributed by atoms with Crippen LogP contribution in [0.25, 0.3) is 0 Å². The molecule has 20 heavy (non-hydrogen) atoms. The van der Waals surface area contributed by atoms with E-state index in [2.05, 4.69) is 18.7 Å². The van der Waals surface area contributed by atoms with Crippen molar-refractivity contribution in [3.8, 4) is 5.75 Å². The Bertz CT molecular complexity index is 394. The smallest absolute Gasteiger partial charge is 0.153 e. The Morgan fingerprint density at radius 1 is 1.05 bits per heavy atom. The Kier molecular flexibility index (Phi) is 7.78. The number of anilines is 1. The van der Waals surface area contributed by atoms with Crippen molar-refractivity contribution in [1.29, 1.82) is 0 Å². The van der Waals surface area contributed by atoms with E-state index >= 15 is 0 Å². The van der Waals surface area contributed by atoms with E-state index in [0.29, 0.717) is 11.8 Å². The number of rotatable bonds is 10. The Labute approximate surface area is 122 Å². The van der Waals surface area contributed by atoms with Gasteiger partial charge in [0.15, 0.2) is 6.29 Å². The zero-order valence-corrected chi connectivity index (χ0v) is 12.8. The Balaban J connectivity index is 2.73. The molecule has 0 bridgehead atoms. The minimum Gasteiger partial charge on any atom is -0.507 e. The van der Waals surface area contributed by atoms with Gasteiger partial charge in [0.25, 0.3) is 0 Å². The van der Waals surface area contributed by atoms with Crippen LogP contribution in [0.2, 0.25) is 0 Å². The molecule has 0 amide bonds. The van der Waals surface area contributed by atoms with Crippen LogP contribution in [-0.2, 0) is 0 Å². The largest absolute Gasteiger partial charge is 0.507 e. The number of hydrogen-bond donors (Lipinski definition) is 1. The number of phenols is 1. The summed E-state index contributed by atoms with van der Waals surface area (Å²) in [6.45, 7) is 6.42. The predicted molar refractivity (Wildman–Crippen MR) is 84.8 cm³/mol. The van der Waals surface area contributed by atoms with Crippen molar-refractivity contribution in [1.82, 2.24) is 0 Å². The molecule has 1 aromatic carbocycles. The van der Waals surface area contributed by atoms with Crippen molar-refractivity contribution in [3.63, 3.8) is 0 Å². The van der Waals surface area contributed by atoms with Gasteiger partial charge in [0, 0.05) is 24.8 Å². The van der Waals surface area contributed by atoms with Crippen LogP contribution in [0.15, 0.2) is 18.2 Å². The zero-order valence-electron chi connectivity index (χ0n) is 12.8. The highest BCUT2D eigenvalue weighted by Gasteiger charge is 2.09. The highest BCUT2D eigenvalue weighted by molar-refractivity contribution is 5.80. The number of phenolic OH excluding ortho intramolecular Hbond substituents is 1. The summed E-state index contributed by atoms with van der Waals surface area (Å²) in [5.41, 5.74) is 1.37. The molecular weight excluding hydrogens is 250 g/mol. The summed E-state index contributed by atoms with van der Waals surface area (Å²) in [6, 6.07) is 5.34. The van der Waals surface area contributed by atoms with Gasteiger partial charge in [-0.05, 0) is 25.0 Å². The molecule has 3 nitrogen and oxygen atoms in total. The van der Waals surface area contributed by atoms with Crippen molar-refractivity contribution in [2.45, 2.75) is 52.4 Å². The summed E-state index contributed by atoms with van der Waals surface area (Å²) >= 11 is 0. The Morgan fingerprint density at radius 2 is 1.65 bits per heavy atom. The molecule has 1 N–H and O–H groups in total. The fourth-order valence-corrected chi connectivity index (χ4v) is 2.30. The topological polar surface area (TPSA) is 40.5 Å². The molecule has 0 aliphatic rings. The molecule has 0 spiro atoms. The van der Waals surface area contributed by atoms with Crippen molar-refractivity contribution < 1.29 is 9.90 Å². The molecule has 1 rings (SSSR count). The van der Waals surface area contributed by atoms with Crippen molar-refractivity contribution in [2.75, 3.05) is 18.0 Å². The van der Waals surface area contributed by atoms with Gasteiger partial charge in [0.05, 0.1) is 5.56 Å². The minimum absolute atomic E-state index is 0.0773. The fourth-order valence-electron chi connectivity index (χ4n) is 2.30. The summed E-state index contributed by atoms with van der Waals surface area (Å²) in [7, 11) is 0. The van der Waals surface area contributed by atoms with Crippen LogP contribution in [0.3, 0.4) is 0 Å². The number of hydrogen-bond acceptors (Lipinski definition) is 3. The molecule has 0 fully saturated rings. The molecule has 0 aromatic heterocycles. The molecule has 1 aromatic rings. The van der Waals surface area contributed by atoms with Crippen molar-refractivity contribution in [3.05, 3.63) is 23.8 Å². The van der Waals surface area contributed by atoms with Gasteiger partial charge in [0.2, 0.25) is 0 Å². The third-order valence-electron chi connectivity index (χ3n) is 3.57. The molecule has 112 valence electrons. The zero-order chi connectivity index (χ0) is 14.8. The third-order valence-corrected chi connectivity index (χ3v) is 3.57. The average Bonchev–Trinajstić information content (AvgIpc) is 2.46. The van der Waals surface area contributed by atoms with Gasteiger partial charge in [-0.25, -0.2) is 0 Å². The summed E-state index contributed by atoms with van der Waals surface area (Å²) in [4.78, 5) is 13.1. The van der Waals surface area contributed by atoms with Crippen molar-refractivity contribution >= 4 is 12.0 Å². The minimum atomic E-state index is 0.0773. The molecule has 0 unspecified atom stereocenters. The second-order valence-corrected chi connectivity index (χ2v) is 5.26. The van der Waals surface area contributed by atoms with Gasteiger partial charge >= 0.3 is 0 Å². The molecule has 0 aliphatic heterocycles. The van der Waals surface area contributed by atoms with E-state index < -0.39 is 0 Å². The van der Waals surface area contributed by atoms with Crippen LogP contribution in [0, 0.1) is 0 Å². The highest BCUT2D eigenvalue weighted by atomic mass is 16.3. The first-order chi connectivity index (χ1) is 9.72. The highest BCUT2D eigenvalue weighted by Crippen LogP contribution is 2.24. The second-order valence-electron chi connectivity index (χ2n) is 5.26. The number of aromatic hydroxyl groups is 1. The van der Waals surface area contributed by atoms with Gasteiger partial charge in [-0.3, -0.25) is 4.79 Å². The maximum Gasteiger partial charge on any atom is 0.153 e. The van der Waals surface area contributed by atoms with E-state index in [1.165, 1.54) is 38.5 Å². The maximum atomic E-state index is 10.8. The first-order valence-electron chi connectivity index (χ1n) is 7.76. The Morgan fingerprint density at radius 3 is 2.10 bits per heavy atom. The van der Waals surface area contributed by atoms with E-state index in [-0.39, 0.29) is 5.75 Å². The number of benzene rings is 1. The summed E-state index contributed by atoms with van der Waals surface area (Å²) in [5.74, 6) is 0.0773. The van der Waals surface area contributed by atoms with E-state index in [0.717, 1.165) is 18.8 Å². The molecule has 0 saturated carbocycles. The molecule has 0 atom stereocenters. The molecular formula is C17H27NO2. The van der Waals surface area contributed by atoms with Gasteiger partial charge in [-0.2, -0.15) is 0 Å². The second kappa shape index (κ2) is 9.40. The van der Waals surface area contributed by atoms with Gasteiger partial charge in [-0.15, -0.1) is 0 Å². The molecule has 0 heterocycles. The van der Waals surface area contributed by atoms with E-state index in [9.17, 15) is 9.90 Å². The summed E-state index contributed by atoms with van der Waals surface area (Å²) < 4.78 is 0. The van der Waals surface area contributed by atoms with E-state index in [1.807, 2.05) is 6.07 Å². The van der Waals surface area contributed by atoms with E-state index in [4.69, 9.17) is 0 Å². The number of nitrogens with zero attached hydrogens (tertiary/aromatic N) is 1. The van der Waals surface area contributed by atoms with E-state index in [1.54, 1.807) is 12.1 Å². The van der Waals surface area contributed by atoms with Crippen LogP contribution in [0.4, 0.5) is 5.69 Å². The molecule has 0 aliphatic carbocycles. The average molecular weight is 277 g/mol. The lowest BCUT2D eigenvalue weighted by molar-refractivity contribution is 0.112. The lowest BCUT2D eigenvalue weighted by Crippen LogP contribution is -2.25. The lowest BCUT2D eigenvalue weighted by atomic mass is 10.1. The van der Waals surface area contributed by atoms with Crippen LogP contribution in [0.5, 0.6) is 5.75 Å². The van der Waals surface area contributed by atoms with Crippen LogP contribution >= 0.6 is 0 Å². The number of carbonyl (C=O) groups excluding carboxylic acids is 1. The van der Waals surface area contributed by atoms with Crippen molar-refractivity contribution in [2.24, 2.45) is 0 Å². The molecule has 0 radical (unpaired) electrons. The van der Waals surface area contributed by atoms with Crippen LogP contribution < -0.4 is 4.90 Å². The van der Waals surface area contributed by atoms with Gasteiger partial charge < -0.3 is 10.0 Å². The number of unbranched alkanes of at least 4 members (excludes halogenated alkanes) is 4. The lowest BCUT2D eigenvalue weighted by Gasteiger charge is -2.25.